The molecule has 4 saturated carbocycles. The summed E-state index contributed by atoms with van der Waals surface area (Å²) in [5.74, 6) is 4.47. The van der Waals surface area contributed by atoms with Crippen LogP contribution in [0.15, 0.2) is 0 Å². The van der Waals surface area contributed by atoms with Crippen LogP contribution in [0.25, 0.3) is 0 Å². The maximum atomic E-state index is 10.3. The smallest absolute Gasteiger partial charge is 0.0545 e. The molecule has 4 aliphatic rings. The molecule has 0 aromatic rings. The molecule has 126 valence electrons. The Morgan fingerprint density at radius 3 is 2.36 bits per heavy atom. The van der Waals surface area contributed by atoms with Crippen LogP contribution in [0.1, 0.15) is 85.0 Å². The molecule has 22 heavy (non-hydrogen) atoms. The molecule has 4 aliphatic carbocycles. The summed E-state index contributed by atoms with van der Waals surface area (Å²) >= 11 is 0. The van der Waals surface area contributed by atoms with Crippen LogP contribution >= 0.6 is 0 Å². The van der Waals surface area contributed by atoms with Crippen LogP contribution in [0.4, 0.5) is 0 Å². The van der Waals surface area contributed by atoms with E-state index in [1.807, 2.05) is 6.92 Å². The summed E-state index contributed by atoms with van der Waals surface area (Å²) in [6, 6.07) is 0. The van der Waals surface area contributed by atoms with Gasteiger partial charge in [0.1, 0.15) is 0 Å². The molecule has 0 aromatic carbocycles. The lowest BCUT2D eigenvalue weighted by Crippen LogP contribution is -2.53. The third-order valence-corrected chi connectivity index (χ3v) is 9.24. The first-order chi connectivity index (χ1) is 10.5. The number of aliphatic hydroxyl groups excluding tert-OH is 1. The first-order valence-corrected chi connectivity index (χ1v) is 10.1. The zero-order valence-electron chi connectivity index (χ0n) is 15.0. The highest BCUT2D eigenvalue weighted by Gasteiger charge is 2.60. The fraction of sp³-hybridized carbons (Fsp3) is 1.00. The van der Waals surface area contributed by atoms with Crippen molar-refractivity contribution >= 4 is 0 Å². The van der Waals surface area contributed by atoms with E-state index >= 15 is 0 Å². The van der Waals surface area contributed by atoms with E-state index in [2.05, 4.69) is 13.8 Å². The molecule has 0 spiro atoms. The fourth-order valence-electron chi connectivity index (χ4n) is 8.13. The van der Waals surface area contributed by atoms with Gasteiger partial charge >= 0.3 is 0 Å². The van der Waals surface area contributed by atoms with Crippen LogP contribution in [0.2, 0.25) is 0 Å². The average Bonchev–Trinajstić information content (AvgIpc) is 2.84. The number of hydrogen-bond acceptors (Lipinski definition) is 1. The Hall–Kier alpha value is -0.0400. The van der Waals surface area contributed by atoms with Gasteiger partial charge in [-0.05, 0) is 98.7 Å². The number of fused-ring (bicyclic) bond motifs is 5. The van der Waals surface area contributed by atoms with Crippen molar-refractivity contribution in [3.05, 3.63) is 0 Å². The van der Waals surface area contributed by atoms with Gasteiger partial charge in [0.2, 0.25) is 0 Å². The highest BCUT2D eigenvalue weighted by Crippen LogP contribution is 2.67. The van der Waals surface area contributed by atoms with Crippen molar-refractivity contribution in [3.63, 3.8) is 0 Å². The van der Waals surface area contributed by atoms with Gasteiger partial charge in [0, 0.05) is 0 Å². The molecule has 1 heteroatoms. The Bertz CT molecular complexity index is 430. The lowest BCUT2D eigenvalue weighted by Gasteiger charge is -2.60. The molecule has 5 unspecified atom stereocenters. The fourth-order valence-corrected chi connectivity index (χ4v) is 8.13. The molecule has 0 heterocycles. The topological polar surface area (TPSA) is 20.2 Å². The second-order valence-electron chi connectivity index (χ2n) is 9.87. The predicted octanol–water partition coefficient (Wildman–Crippen LogP) is 5.42. The van der Waals surface area contributed by atoms with Gasteiger partial charge in [0.25, 0.3) is 0 Å². The third kappa shape index (κ3) is 2.00. The standard InChI is InChI=1S/C21H36O/c1-14(22)17-9-10-18-16-8-7-15-6-4-5-12-20(15,2)19(16)11-13-21(17,18)3/h14-19,22H,4-13H2,1-3H3/t14?,15?,16?,17-,18?,19?,20+,21-/m1/s1. The molecule has 8 atom stereocenters. The van der Waals surface area contributed by atoms with Crippen molar-refractivity contribution in [1.29, 1.82) is 0 Å². The summed E-state index contributed by atoms with van der Waals surface area (Å²) < 4.78 is 0. The second kappa shape index (κ2) is 5.23. The highest BCUT2D eigenvalue weighted by atomic mass is 16.3. The summed E-state index contributed by atoms with van der Waals surface area (Å²) in [6.45, 7) is 7.24. The molecule has 0 amide bonds. The maximum absolute atomic E-state index is 10.3. The predicted molar refractivity (Wildman–Crippen MR) is 91.5 cm³/mol. The Kier molecular flexibility index (Phi) is 3.68. The molecule has 0 aliphatic heterocycles. The highest BCUT2D eigenvalue weighted by molar-refractivity contribution is 5.09. The summed E-state index contributed by atoms with van der Waals surface area (Å²) in [4.78, 5) is 0. The zero-order chi connectivity index (χ0) is 15.5. The molecular weight excluding hydrogens is 268 g/mol. The molecular formula is C21H36O. The summed E-state index contributed by atoms with van der Waals surface area (Å²) in [7, 11) is 0. The summed E-state index contributed by atoms with van der Waals surface area (Å²) in [5.41, 5.74) is 1.10. The van der Waals surface area contributed by atoms with Gasteiger partial charge in [-0.15, -0.1) is 0 Å². The first kappa shape index (κ1) is 15.5. The van der Waals surface area contributed by atoms with E-state index in [9.17, 15) is 5.11 Å². The van der Waals surface area contributed by atoms with Crippen molar-refractivity contribution in [2.24, 2.45) is 40.4 Å². The lowest BCUT2D eigenvalue weighted by molar-refractivity contribution is -0.118. The van der Waals surface area contributed by atoms with Crippen molar-refractivity contribution in [2.75, 3.05) is 0 Å². The van der Waals surface area contributed by atoms with Crippen LogP contribution in [-0.2, 0) is 0 Å². The molecule has 4 fully saturated rings. The van der Waals surface area contributed by atoms with Crippen LogP contribution in [0, 0.1) is 40.4 Å². The van der Waals surface area contributed by atoms with Gasteiger partial charge in [-0.2, -0.15) is 0 Å². The van der Waals surface area contributed by atoms with E-state index < -0.39 is 0 Å². The van der Waals surface area contributed by atoms with Gasteiger partial charge in [0.15, 0.2) is 0 Å². The van der Waals surface area contributed by atoms with E-state index in [0.29, 0.717) is 16.7 Å². The van der Waals surface area contributed by atoms with Crippen LogP contribution in [0.3, 0.4) is 0 Å². The monoisotopic (exact) mass is 304 g/mol. The van der Waals surface area contributed by atoms with E-state index in [4.69, 9.17) is 0 Å². The Morgan fingerprint density at radius 1 is 0.818 bits per heavy atom. The van der Waals surface area contributed by atoms with Crippen molar-refractivity contribution in [2.45, 2.75) is 91.1 Å². The van der Waals surface area contributed by atoms with E-state index in [-0.39, 0.29) is 6.10 Å². The van der Waals surface area contributed by atoms with Gasteiger partial charge in [-0.25, -0.2) is 0 Å². The Labute approximate surface area is 137 Å². The van der Waals surface area contributed by atoms with Crippen molar-refractivity contribution in [1.82, 2.24) is 0 Å². The molecule has 0 radical (unpaired) electrons. The summed E-state index contributed by atoms with van der Waals surface area (Å²) in [5, 5.41) is 10.3. The zero-order valence-corrected chi connectivity index (χ0v) is 15.0. The first-order valence-electron chi connectivity index (χ1n) is 10.1. The molecule has 0 saturated heterocycles. The van der Waals surface area contributed by atoms with Gasteiger partial charge in [0.05, 0.1) is 6.10 Å². The van der Waals surface area contributed by atoms with Crippen molar-refractivity contribution < 1.29 is 5.11 Å². The largest absolute Gasteiger partial charge is 0.393 e. The van der Waals surface area contributed by atoms with E-state index in [1.54, 1.807) is 0 Å². The average molecular weight is 305 g/mol. The molecule has 1 N–H and O–H groups in total. The minimum absolute atomic E-state index is 0.104. The SMILES string of the molecule is CC(O)[C@H]1CCC2C3CCC4CCCC[C@]4(C)C3CC[C@@]21C. The van der Waals surface area contributed by atoms with Gasteiger partial charge in [-0.3, -0.25) is 0 Å². The Morgan fingerprint density at radius 2 is 1.59 bits per heavy atom. The number of aliphatic hydroxyl groups is 1. The normalized spacial score (nSPS) is 55.9. The van der Waals surface area contributed by atoms with Crippen LogP contribution < -0.4 is 0 Å². The van der Waals surface area contributed by atoms with Gasteiger partial charge in [-0.1, -0.05) is 26.7 Å². The van der Waals surface area contributed by atoms with Crippen molar-refractivity contribution in [3.8, 4) is 0 Å². The molecule has 1 nitrogen and oxygen atoms in total. The molecule has 0 bridgehead atoms. The quantitative estimate of drug-likeness (QED) is 0.686. The third-order valence-electron chi connectivity index (χ3n) is 9.24. The maximum Gasteiger partial charge on any atom is 0.0545 e. The van der Waals surface area contributed by atoms with E-state index in [0.717, 1.165) is 23.7 Å². The number of hydrogen-bond donors (Lipinski definition) is 1. The summed E-state index contributed by atoms with van der Waals surface area (Å²) in [6.07, 6.45) is 14.4. The lowest BCUT2D eigenvalue weighted by atomic mass is 9.45. The second-order valence-corrected chi connectivity index (χ2v) is 9.87. The minimum Gasteiger partial charge on any atom is -0.393 e. The number of rotatable bonds is 1. The van der Waals surface area contributed by atoms with Crippen LogP contribution in [-0.4, -0.2) is 11.2 Å². The Balaban J connectivity index is 1.62. The minimum atomic E-state index is -0.104. The van der Waals surface area contributed by atoms with Crippen LogP contribution in [0.5, 0.6) is 0 Å². The molecule has 0 aromatic heterocycles. The molecule has 4 rings (SSSR count). The van der Waals surface area contributed by atoms with Gasteiger partial charge < -0.3 is 5.11 Å². The van der Waals surface area contributed by atoms with E-state index in [1.165, 1.54) is 64.2 Å².